The zero-order valence-electron chi connectivity index (χ0n) is 15.3. The lowest BCUT2D eigenvalue weighted by Gasteiger charge is -2.11. The second kappa shape index (κ2) is 10.7. The lowest BCUT2D eigenvalue weighted by molar-refractivity contribution is -0.123. The van der Waals surface area contributed by atoms with Crippen LogP contribution in [0, 0.1) is 5.82 Å². The van der Waals surface area contributed by atoms with E-state index in [0.717, 1.165) is 11.0 Å². The fourth-order valence-corrected chi connectivity index (χ4v) is 2.95. The highest BCUT2D eigenvalue weighted by atomic mass is 35.5. The molecule has 0 aliphatic heterocycles. The van der Waals surface area contributed by atoms with Crippen LogP contribution in [-0.2, 0) is 4.79 Å². The molecule has 0 atom stereocenters. The molecule has 0 radical (unpaired) electrons. The fraction of sp³-hybridized carbons (Fsp3) is 0.200. The standard InChI is InChI=1S/C20H20ClFN2O3S/c1-13(24-20(26)15-5-3-4-6-18(15)28-2)9-10-23-19(25)12-27-14-7-8-16(21)17(22)11-14/h3-8,11H,1,9-10,12H2,2H3,(H,23,25)(H,24,26). The van der Waals surface area contributed by atoms with Gasteiger partial charge in [-0.25, -0.2) is 4.39 Å². The Morgan fingerprint density at radius 1 is 1.25 bits per heavy atom. The van der Waals surface area contributed by atoms with E-state index in [1.807, 2.05) is 18.4 Å². The summed E-state index contributed by atoms with van der Waals surface area (Å²) in [6.07, 6.45) is 2.27. The number of thioether (sulfide) groups is 1. The molecule has 0 saturated carbocycles. The number of amides is 2. The van der Waals surface area contributed by atoms with Gasteiger partial charge in [0, 0.05) is 29.6 Å². The van der Waals surface area contributed by atoms with Crippen LogP contribution in [0.2, 0.25) is 5.02 Å². The summed E-state index contributed by atoms with van der Waals surface area (Å²) in [7, 11) is 0. The molecular weight excluding hydrogens is 403 g/mol. The van der Waals surface area contributed by atoms with Crippen LogP contribution in [0.3, 0.4) is 0 Å². The van der Waals surface area contributed by atoms with Crippen molar-refractivity contribution in [1.29, 1.82) is 0 Å². The molecule has 2 aromatic rings. The van der Waals surface area contributed by atoms with Crippen molar-refractivity contribution in [3.05, 3.63) is 71.1 Å². The molecular formula is C20H20ClFN2O3S. The van der Waals surface area contributed by atoms with E-state index in [0.29, 0.717) is 17.7 Å². The maximum Gasteiger partial charge on any atom is 0.257 e. The van der Waals surface area contributed by atoms with Crippen molar-refractivity contribution in [2.24, 2.45) is 0 Å². The minimum Gasteiger partial charge on any atom is -0.484 e. The molecule has 0 unspecified atom stereocenters. The molecule has 28 heavy (non-hydrogen) atoms. The quantitative estimate of drug-likeness (QED) is 0.599. The Morgan fingerprint density at radius 2 is 2.00 bits per heavy atom. The maximum atomic E-state index is 13.3. The monoisotopic (exact) mass is 422 g/mol. The number of hydrogen-bond acceptors (Lipinski definition) is 4. The molecule has 0 aliphatic carbocycles. The van der Waals surface area contributed by atoms with Gasteiger partial charge in [0.1, 0.15) is 11.6 Å². The van der Waals surface area contributed by atoms with Gasteiger partial charge in [-0.15, -0.1) is 11.8 Å². The first-order chi connectivity index (χ1) is 13.4. The molecule has 0 bridgehead atoms. The van der Waals surface area contributed by atoms with E-state index in [2.05, 4.69) is 17.2 Å². The fourth-order valence-electron chi connectivity index (χ4n) is 2.24. The first-order valence-corrected chi connectivity index (χ1v) is 9.97. The van der Waals surface area contributed by atoms with E-state index in [4.69, 9.17) is 16.3 Å². The predicted molar refractivity (Wildman–Crippen MR) is 109 cm³/mol. The normalized spacial score (nSPS) is 10.2. The molecule has 0 aliphatic rings. The minimum absolute atomic E-state index is 0.0162. The van der Waals surface area contributed by atoms with Gasteiger partial charge >= 0.3 is 0 Å². The average molecular weight is 423 g/mol. The Morgan fingerprint density at radius 3 is 2.71 bits per heavy atom. The van der Waals surface area contributed by atoms with Crippen molar-refractivity contribution in [1.82, 2.24) is 10.6 Å². The van der Waals surface area contributed by atoms with Gasteiger partial charge in [0.25, 0.3) is 11.8 Å². The van der Waals surface area contributed by atoms with E-state index < -0.39 is 5.82 Å². The first-order valence-electron chi connectivity index (χ1n) is 8.37. The Balaban J connectivity index is 1.71. The summed E-state index contributed by atoms with van der Waals surface area (Å²) in [4.78, 5) is 25.0. The van der Waals surface area contributed by atoms with Crippen molar-refractivity contribution in [3.63, 3.8) is 0 Å². The van der Waals surface area contributed by atoms with Gasteiger partial charge < -0.3 is 15.4 Å². The maximum absolute atomic E-state index is 13.3. The van der Waals surface area contributed by atoms with Gasteiger partial charge in [-0.1, -0.05) is 30.3 Å². The molecule has 0 fully saturated rings. The van der Waals surface area contributed by atoms with Crippen LogP contribution in [0.4, 0.5) is 4.39 Å². The van der Waals surface area contributed by atoms with Crippen molar-refractivity contribution in [2.45, 2.75) is 11.3 Å². The van der Waals surface area contributed by atoms with Crippen LogP contribution in [0.15, 0.2) is 59.6 Å². The Hall–Kier alpha value is -2.51. The third-order valence-electron chi connectivity index (χ3n) is 3.65. The van der Waals surface area contributed by atoms with Gasteiger partial charge in [-0.2, -0.15) is 0 Å². The Kier molecular flexibility index (Phi) is 8.35. The number of nitrogens with one attached hydrogen (secondary N) is 2. The first kappa shape index (κ1) is 21.8. The topological polar surface area (TPSA) is 67.4 Å². The highest BCUT2D eigenvalue weighted by Gasteiger charge is 2.11. The van der Waals surface area contributed by atoms with Crippen molar-refractivity contribution in [3.8, 4) is 5.75 Å². The highest BCUT2D eigenvalue weighted by molar-refractivity contribution is 7.98. The molecule has 148 valence electrons. The van der Waals surface area contributed by atoms with Crippen LogP contribution in [0.25, 0.3) is 0 Å². The smallest absolute Gasteiger partial charge is 0.257 e. The number of carbonyl (C=O) groups excluding carboxylic acids is 2. The zero-order valence-corrected chi connectivity index (χ0v) is 16.8. The van der Waals surface area contributed by atoms with E-state index in [9.17, 15) is 14.0 Å². The summed E-state index contributed by atoms with van der Waals surface area (Å²) in [5.41, 5.74) is 1.06. The second-order valence-corrected chi connectivity index (χ2v) is 6.98. The van der Waals surface area contributed by atoms with Crippen LogP contribution in [-0.4, -0.2) is 31.2 Å². The van der Waals surface area contributed by atoms with Gasteiger partial charge in [-0.3, -0.25) is 9.59 Å². The van der Waals surface area contributed by atoms with Crippen LogP contribution in [0.5, 0.6) is 5.75 Å². The summed E-state index contributed by atoms with van der Waals surface area (Å²) in [5.74, 6) is -1.02. The van der Waals surface area contributed by atoms with E-state index >= 15 is 0 Å². The van der Waals surface area contributed by atoms with Crippen molar-refractivity contribution in [2.75, 3.05) is 19.4 Å². The Labute approximate surface area is 172 Å². The highest BCUT2D eigenvalue weighted by Crippen LogP contribution is 2.21. The number of carbonyl (C=O) groups is 2. The molecule has 2 N–H and O–H groups in total. The number of hydrogen-bond donors (Lipinski definition) is 2. The summed E-state index contributed by atoms with van der Waals surface area (Å²) < 4.78 is 18.5. The summed E-state index contributed by atoms with van der Waals surface area (Å²) in [6, 6.07) is 11.2. The zero-order chi connectivity index (χ0) is 20.5. The van der Waals surface area contributed by atoms with Gasteiger partial charge in [0.05, 0.1) is 10.6 Å². The number of rotatable bonds is 9. The third-order valence-corrected chi connectivity index (χ3v) is 4.75. The van der Waals surface area contributed by atoms with E-state index in [-0.39, 0.29) is 35.7 Å². The molecule has 0 spiro atoms. The van der Waals surface area contributed by atoms with Gasteiger partial charge in [-0.05, 0) is 30.5 Å². The molecule has 2 aromatic carbocycles. The van der Waals surface area contributed by atoms with Crippen molar-refractivity contribution >= 4 is 35.2 Å². The average Bonchev–Trinajstić information content (AvgIpc) is 2.68. The molecule has 0 aromatic heterocycles. The van der Waals surface area contributed by atoms with Gasteiger partial charge in [0.15, 0.2) is 6.61 Å². The number of ether oxygens (including phenoxy) is 1. The lowest BCUT2D eigenvalue weighted by Crippen LogP contribution is -2.31. The largest absolute Gasteiger partial charge is 0.484 e. The second-order valence-electron chi connectivity index (χ2n) is 5.72. The predicted octanol–water partition coefficient (Wildman–Crippen LogP) is 4.03. The molecule has 5 nitrogen and oxygen atoms in total. The summed E-state index contributed by atoms with van der Waals surface area (Å²) >= 11 is 7.07. The molecule has 0 heterocycles. The lowest BCUT2D eigenvalue weighted by atomic mass is 10.2. The SMILES string of the molecule is C=C(CCNC(=O)COc1ccc(Cl)c(F)c1)NC(=O)c1ccccc1SC. The minimum atomic E-state index is -0.616. The van der Waals surface area contributed by atoms with E-state index in [1.54, 1.807) is 12.1 Å². The molecule has 2 amide bonds. The number of benzene rings is 2. The molecule has 8 heteroatoms. The van der Waals surface area contributed by atoms with Crippen LogP contribution < -0.4 is 15.4 Å². The number of halogens is 2. The molecule has 0 saturated heterocycles. The van der Waals surface area contributed by atoms with Crippen molar-refractivity contribution < 1.29 is 18.7 Å². The Bertz CT molecular complexity index is 876. The summed E-state index contributed by atoms with van der Waals surface area (Å²) in [5, 5.41) is 5.36. The van der Waals surface area contributed by atoms with Crippen LogP contribution in [0.1, 0.15) is 16.8 Å². The summed E-state index contributed by atoms with van der Waals surface area (Å²) in [6.45, 7) is 3.82. The van der Waals surface area contributed by atoms with Crippen LogP contribution >= 0.6 is 23.4 Å². The third kappa shape index (κ3) is 6.58. The van der Waals surface area contributed by atoms with E-state index in [1.165, 1.54) is 23.9 Å². The molecule has 2 rings (SSSR count). The van der Waals surface area contributed by atoms with Gasteiger partial charge in [0.2, 0.25) is 0 Å².